The Kier molecular flexibility index (Phi) is 5.60. The van der Waals surface area contributed by atoms with E-state index in [1.54, 1.807) is 4.90 Å². The highest BCUT2D eigenvalue weighted by atomic mass is 16.4. The number of aliphatic carboxylic acids is 1. The molecule has 1 unspecified atom stereocenters. The summed E-state index contributed by atoms with van der Waals surface area (Å²) in [6.07, 6.45) is 3.03. The molecule has 0 aromatic heterocycles. The third kappa shape index (κ3) is 3.83. The Hall–Kier alpha value is -1.30. The summed E-state index contributed by atoms with van der Waals surface area (Å²) in [5.41, 5.74) is 0.174. The van der Waals surface area contributed by atoms with Gasteiger partial charge in [-0.25, -0.2) is 9.59 Å². The Morgan fingerprint density at radius 2 is 2.00 bits per heavy atom. The molecule has 0 bridgehead atoms. The highest BCUT2D eigenvalue weighted by molar-refractivity contribution is 5.82. The molecule has 110 valence electrons. The number of carbonyl (C=O) groups is 2. The Morgan fingerprint density at radius 1 is 1.37 bits per heavy atom. The van der Waals surface area contributed by atoms with Crippen LogP contribution in [0.25, 0.3) is 0 Å². The first-order chi connectivity index (χ1) is 8.98. The van der Waals surface area contributed by atoms with Crippen LogP contribution in [0, 0.1) is 5.41 Å². The topological polar surface area (TPSA) is 89.9 Å². The lowest BCUT2D eigenvalue weighted by Crippen LogP contribution is -2.48. The summed E-state index contributed by atoms with van der Waals surface area (Å²) < 4.78 is 0. The summed E-state index contributed by atoms with van der Waals surface area (Å²) in [6, 6.07) is -1.36. The van der Waals surface area contributed by atoms with Crippen molar-refractivity contribution in [2.75, 3.05) is 19.7 Å². The predicted octanol–water partition coefficient (Wildman–Crippen LogP) is 1.04. The second kappa shape index (κ2) is 6.75. The fraction of sp³-hybridized carbons (Fsp3) is 0.846. The van der Waals surface area contributed by atoms with Crippen molar-refractivity contribution in [1.29, 1.82) is 0 Å². The quantitative estimate of drug-likeness (QED) is 0.674. The third-order valence-corrected chi connectivity index (χ3v) is 4.24. The van der Waals surface area contributed by atoms with Crippen LogP contribution >= 0.6 is 0 Å². The lowest BCUT2D eigenvalue weighted by Gasteiger charge is -2.27. The minimum absolute atomic E-state index is 0.0294. The third-order valence-electron chi connectivity index (χ3n) is 4.24. The van der Waals surface area contributed by atoms with Gasteiger partial charge < -0.3 is 20.4 Å². The molecule has 3 N–H and O–H groups in total. The van der Waals surface area contributed by atoms with Crippen molar-refractivity contribution in [2.45, 2.75) is 45.6 Å². The second-order valence-corrected chi connectivity index (χ2v) is 5.23. The van der Waals surface area contributed by atoms with Crippen molar-refractivity contribution in [2.24, 2.45) is 5.41 Å². The van der Waals surface area contributed by atoms with E-state index in [2.05, 4.69) is 19.2 Å². The van der Waals surface area contributed by atoms with Crippen LogP contribution < -0.4 is 5.32 Å². The van der Waals surface area contributed by atoms with Crippen LogP contribution in [0.3, 0.4) is 0 Å². The van der Waals surface area contributed by atoms with Gasteiger partial charge in [0.2, 0.25) is 0 Å². The van der Waals surface area contributed by atoms with Crippen LogP contribution in [0.1, 0.15) is 39.5 Å². The Bertz CT molecular complexity index is 329. The van der Waals surface area contributed by atoms with Gasteiger partial charge in [-0.05, 0) is 24.7 Å². The maximum Gasteiger partial charge on any atom is 0.326 e. The summed E-state index contributed by atoms with van der Waals surface area (Å²) in [5, 5.41) is 20.2. The summed E-state index contributed by atoms with van der Waals surface area (Å²) in [4.78, 5) is 24.6. The minimum Gasteiger partial charge on any atom is -0.480 e. The van der Waals surface area contributed by atoms with E-state index >= 15 is 0 Å². The molecule has 0 aromatic rings. The Balaban J connectivity index is 2.57. The van der Waals surface area contributed by atoms with Crippen molar-refractivity contribution in [3.63, 3.8) is 0 Å². The zero-order valence-corrected chi connectivity index (χ0v) is 11.7. The first-order valence-electron chi connectivity index (χ1n) is 6.87. The fourth-order valence-corrected chi connectivity index (χ4v) is 2.56. The number of rotatable bonds is 6. The number of aliphatic hydroxyl groups excluding tert-OH is 1. The lowest BCUT2D eigenvalue weighted by atomic mass is 9.82. The number of hydrogen-bond donors (Lipinski definition) is 3. The molecule has 6 heteroatoms. The van der Waals surface area contributed by atoms with Crippen LogP contribution in [0.15, 0.2) is 0 Å². The largest absolute Gasteiger partial charge is 0.480 e. The van der Waals surface area contributed by atoms with Crippen molar-refractivity contribution >= 4 is 12.0 Å². The van der Waals surface area contributed by atoms with Crippen molar-refractivity contribution < 1.29 is 19.8 Å². The number of hydrogen-bond acceptors (Lipinski definition) is 3. The molecule has 0 spiro atoms. The number of carbonyl (C=O) groups excluding carboxylic acids is 1. The van der Waals surface area contributed by atoms with Gasteiger partial charge in [-0.15, -0.1) is 0 Å². The molecule has 1 heterocycles. The average molecular weight is 272 g/mol. The van der Waals surface area contributed by atoms with Gasteiger partial charge in [0.15, 0.2) is 0 Å². The number of nitrogens with zero attached hydrogens (tertiary/aromatic N) is 1. The molecule has 1 fully saturated rings. The van der Waals surface area contributed by atoms with Gasteiger partial charge in [-0.1, -0.05) is 13.8 Å². The SMILES string of the molecule is CCC1(CC)CCN(C(=O)NC(CCO)C(=O)O)C1. The van der Waals surface area contributed by atoms with Crippen molar-refractivity contribution in [3.05, 3.63) is 0 Å². The maximum atomic E-state index is 12.0. The molecule has 19 heavy (non-hydrogen) atoms. The van der Waals surface area contributed by atoms with E-state index in [-0.39, 0.29) is 24.5 Å². The van der Waals surface area contributed by atoms with Crippen molar-refractivity contribution in [1.82, 2.24) is 10.2 Å². The fourth-order valence-electron chi connectivity index (χ4n) is 2.56. The molecule has 1 aliphatic heterocycles. The molecule has 6 nitrogen and oxygen atoms in total. The number of nitrogens with one attached hydrogen (secondary N) is 1. The number of aliphatic hydroxyl groups is 1. The van der Waals surface area contributed by atoms with Crippen LogP contribution in [0.4, 0.5) is 4.79 Å². The molecule has 1 rings (SSSR count). The second-order valence-electron chi connectivity index (χ2n) is 5.23. The van der Waals surface area contributed by atoms with Gasteiger partial charge in [0.25, 0.3) is 0 Å². The van der Waals surface area contributed by atoms with Gasteiger partial charge >= 0.3 is 12.0 Å². The number of likely N-dealkylation sites (tertiary alicyclic amines) is 1. The van der Waals surface area contributed by atoms with E-state index in [1.807, 2.05) is 0 Å². The molecule has 0 radical (unpaired) electrons. The van der Waals surface area contributed by atoms with Crippen LogP contribution in [0.5, 0.6) is 0 Å². The molecule has 0 aliphatic carbocycles. The number of carboxylic acids is 1. The van der Waals surface area contributed by atoms with Crippen LogP contribution in [-0.2, 0) is 4.79 Å². The zero-order valence-electron chi connectivity index (χ0n) is 11.7. The normalized spacial score (nSPS) is 19.2. The molecule has 0 aromatic carbocycles. The minimum atomic E-state index is -1.11. The first-order valence-corrected chi connectivity index (χ1v) is 6.87. The summed E-state index contributed by atoms with van der Waals surface area (Å²) in [7, 11) is 0. The van der Waals surface area contributed by atoms with Gasteiger partial charge in [-0.3, -0.25) is 0 Å². The zero-order chi connectivity index (χ0) is 14.5. The number of urea groups is 1. The van der Waals surface area contributed by atoms with Crippen LogP contribution in [-0.4, -0.2) is 52.9 Å². The van der Waals surface area contributed by atoms with Crippen LogP contribution in [0.2, 0.25) is 0 Å². The molecule has 0 saturated carbocycles. The van der Waals surface area contributed by atoms with Crippen molar-refractivity contribution in [3.8, 4) is 0 Å². The smallest absolute Gasteiger partial charge is 0.326 e. The van der Waals surface area contributed by atoms with E-state index in [0.29, 0.717) is 13.1 Å². The maximum absolute atomic E-state index is 12.0. The predicted molar refractivity (Wildman–Crippen MR) is 70.9 cm³/mol. The first kappa shape index (κ1) is 15.8. The van der Waals surface area contributed by atoms with E-state index < -0.39 is 12.0 Å². The average Bonchev–Trinajstić information content (AvgIpc) is 2.83. The molecule has 1 atom stereocenters. The Labute approximate surface area is 113 Å². The number of amides is 2. The van der Waals surface area contributed by atoms with E-state index in [1.165, 1.54) is 0 Å². The van der Waals surface area contributed by atoms with Gasteiger partial charge in [-0.2, -0.15) is 0 Å². The standard InChI is InChI=1S/C13H24N2O4/c1-3-13(4-2)6-7-15(9-13)12(19)14-10(5-8-16)11(17)18/h10,16H,3-9H2,1-2H3,(H,14,19)(H,17,18). The highest BCUT2D eigenvalue weighted by Crippen LogP contribution is 2.36. The molecular formula is C13H24N2O4. The van der Waals surface area contributed by atoms with Gasteiger partial charge in [0.1, 0.15) is 6.04 Å². The molecule has 1 saturated heterocycles. The Morgan fingerprint density at radius 3 is 2.42 bits per heavy atom. The summed E-state index contributed by atoms with van der Waals surface area (Å²) in [6.45, 7) is 5.33. The molecular weight excluding hydrogens is 248 g/mol. The van der Waals surface area contributed by atoms with E-state index in [4.69, 9.17) is 10.2 Å². The lowest BCUT2D eigenvalue weighted by molar-refractivity contribution is -0.139. The molecule has 2 amide bonds. The highest BCUT2D eigenvalue weighted by Gasteiger charge is 2.37. The molecule has 1 aliphatic rings. The van der Waals surface area contributed by atoms with Gasteiger partial charge in [0, 0.05) is 26.1 Å². The van der Waals surface area contributed by atoms with Gasteiger partial charge in [0.05, 0.1) is 0 Å². The summed E-state index contributed by atoms with van der Waals surface area (Å²) in [5.74, 6) is -1.11. The number of carboxylic acid groups (broad SMARTS) is 1. The van der Waals surface area contributed by atoms with E-state index in [9.17, 15) is 9.59 Å². The summed E-state index contributed by atoms with van der Waals surface area (Å²) >= 11 is 0. The van der Waals surface area contributed by atoms with E-state index in [0.717, 1.165) is 19.3 Å². The monoisotopic (exact) mass is 272 g/mol.